The van der Waals surface area contributed by atoms with Crippen LogP contribution in [0, 0.1) is 0 Å². The minimum Gasteiger partial charge on any atom is -0.397 e. The number of amides is 1. The van der Waals surface area contributed by atoms with E-state index in [4.69, 9.17) is 28.9 Å². The zero-order valence-corrected chi connectivity index (χ0v) is 14.0. The van der Waals surface area contributed by atoms with Gasteiger partial charge in [0.25, 0.3) is 0 Å². The molecule has 0 radical (unpaired) electrons. The number of hydrogen-bond acceptors (Lipinski definition) is 4. The lowest BCUT2D eigenvalue weighted by atomic mass is 10.2. The Balaban J connectivity index is 1.87. The van der Waals surface area contributed by atoms with Crippen molar-refractivity contribution in [2.45, 2.75) is 12.8 Å². The highest BCUT2D eigenvalue weighted by atomic mass is 35.5. The van der Waals surface area contributed by atoms with Crippen molar-refractivity contribution in [1.82, 2.24) is 4.90 Å². The SMILES string of the molecule is Nc1cc(Cl)cc(Cl)c1NC(=O)CCN1CCCSCC1. The molecule has 7 heteroatoms. The van der Waals surface area contributed by atoms with Gasteiger partial charge >= 0.3 is 0 Å². The number of rotatable bonds is 4. The van der Waals surface area contributed by atoms with Gasteiger partial charge in [-0.25, -0.2) is 0 Å². The summed E-state index contributed by atoms with van der Waals surface area (Å²) in [6, 6.07) is 3.15. The molecule has 0 bridgehead atoms. The van der Waals surface area contributed by atoms with Gasteiger partial charge < -0.3 is 16.0 Å². The maximum Gasteiger partial charge on any atom is 0.225 e. The van der Waals surface area contributed by atoms with E-state index in [-0.39, 0.29) is 5.91 Å². The minimum atomic E-state index is -0.0807. The van der Waals surface area contributed by atoms with E-state index in [1.807, 2.05) is 11.8 Å². The maximum absolute atomic E-state index is 12.0. The van der Waals surface area contributed by atoms with Crippen LogP contribution in [0.4, 0.5) is 11.4 Å². The smallest absolute Gasteiger partial charge is 0.225 e. The van der Waals surface area contributed by atoms with Gasteiger partial charge in [0, 0.05) is 30.3 Å². The molecule has 4 nitrogen and oxygen atoms in total. The third-order valence-corrected chi connectivity index (χ3v) is 4.88. The molecule has 3 N–H and O–H groups in total. The van der Waals surface area contributed by atoms with E-state index in [1.54, 1.807) is 12.1 Å². The predicted molar refractivity (Wildman–Crippen MR) is 92.5 cm³/mol. The Morgan fingerprint density at radius 3 is 2.90 bits per heavy atom. The van der Waals surface area contributed by atoms with Crippen LogP contribution in [0.15, 0.2) is 12.1 Å². The number of halogens is 2. The van der Waals surface area contributed by atoms with Crippen LogP contribution >= 0.6 is 35.0 Å². The lowest BCUT2D eigenvalue weighted by molar-refractivity contribution is -0.116. The summed E-state index contributed by atoms with van der Waals surface area (Å²) in [5.74, 6) is 2.26. The molecule has 1 aromatic carbocycles. The largest absolute Gasteiger partial charge is 0.397 e. The summed E-state index contributed by atoms with van der Waals surface area (Å²) in [7, 11) is 0. The van der Waals surface area contributed by atoms with Gasteiger partial charge in [-0.05, 0) is 30.9 Å². The van der Waals surface area contributed by atoms with Crippen molar-refractivity contribution >= 4 is 52.2 Å². The summed E-state index contributed by atoms with van der Waals surface area (Å²) in [5.41, 5.74) is 6.66. The van der Waals surface area contributed by atoms with Gasteiger partial charge in [-0.15, -0.1) is 0 Å². The topological polar surface area (TPSA) is 58.4 Å². The summed E-state index contributed by atoms with van der Waals surface area (Å²) in [4.78, 5) is 14.4. The standard InChI is InChI=1S/C14H19Cl2N3OS/c15-10-8-11(16)14(12(17)9-10)18-13(20)2-4-19-3-1-6-21-7-5-19/h8-9H,1-7,17H2,(H,18,20). The molecule has 0 unspecified atom stereocenters. The highest BCUT2D eigenvalue weighted by Crippen LogP contribution is 2.32. The van der Waals surface area contributed by atoms with E-state index in [9.17, 15) is 4.79 Å². The van der Waals surface area contributed by atoms with Gasteiger partial charge in [0.05, 0.1) is 16.4 Å². The second kappa shape index (κ2) is 8.13. The highest BCUT2D eigenvalue weighted by Gasteiger charge is 2.13. The Labute approximate surface area is 139 Å². The number of nitrogens with two attached hydrogens (primary N) is 1. The normalized spacial score (nSPS) is 16.5. The summed E-state index contributed by atoms with van der Waals surface area (Å²) in [6.45, 7) is 2.86. The second-order valence-corrected chi connectivity index (χ2v) is 7.03. The van der Waals surface area contributed by atoms with E-state index in [0.717, 1.165) is 25.4 Å². The number of thioether (sulfide) groups is 1. The van der Waals surface area contributed by atoms with Gasteiger partial charge in [0.1, 0.15) is 0 Å². The van der Waals surface area contributed by atoms with Crippen LogP contribution in [0.3, 0.4) is 0 Å². The summed E-state index contributed by atoms with van der Waals surface area (Å²) in [6.07, 6.45) is 1.62. The molecule has 0 aromatic heterocycles. The second-order valence-electron chi connectivity index (χ2n) is 4.96. The average Bonchev–Trinajstić information content (AvgIpc) is 2.69. The molecule has 0 atom stereocenters. The van der Waals surface area contributed by atoms with E-state index < -0.39 is 0 Å². The van der Waals surface area contributed by atoms with Crippen LogP contribution in [-0.2, 0) is 4.79 Å². The van der Waals surface area contributed by atoms with Crippen molar-refractivity contribution in [3.8, 4) is 0 Å². The van der Waals surface area contributed by atoms with Crippen LogP contribution < -0.4 is 11.1 Å². The fraction of sp³-hybridized carbons (Fsp3) is 0.500. The lowest BCUT2D eigenvalue weighted by Gasteiger charge is -2.19. The molecule has 1 aromatic rings. The Bertz CT molecular complexity index is 482. The predicted octanol–water partition coefficient (Wildman–Crippen LogP) is 3.34. The van der Waals surface area contributed by atoms with Crippen LogP contribution in [0.5, 0.6) is 0 Å². The molecule has 1 fully saturated rings. The Morgan fingerprint density at radius 2 is 2.14 bits per heavy atom. The Morgan fingerprint density at radius 1 is 1.33 bits per heavy atom. The first-order valence-corrected chi connectivity index (χ1v) is 8.82. The number of hydrogen-bond donors (Lipinski definition) is 2. The van der Waals surface area contributed by atoms with Crippen molar-refractivity contribution in [3.05, 3.63) is 22.2 Å². The molecular formula is C14H19Cl2N3OS. The molecule has 1 amide bonds. The Kier molecular flexibility index (Phi) is 6.48. The lowest BCUT2D eigenvalue weighted by Crippen LogP contribution is -2.30. The number of benzene rings is 1. The van der Waals surface area contributed by atoms with E-state index in [1.165, 1.54) is 12.2 Å². The summed E-state index contributed by atoms with van der Waals surface area (Å²) >= 11 is 13.9. The van der Waals surface area contributed by atoms with Crippen LogP contribution in [0.25, 0.3) is 0 Å². The molecule has 2 rings (SSSR count). The number of carbonyl (C=O) groups excluding carboxylic acids is 1. The van der Waals surface area contributed by atoms with Gasteiger partial charge in [0.15, 0.2) is 0 Å². The first kappa shape index (κ1) is 16.7. The van der Waals surface area contributed by atoms with Crippen molar-refractivity contribution < 1.29 is 4.79 Å². The molecule has 0 saturated carbocycles. The van der Waals surface area contributed by atoms with E-state index >= 15 is 0 Å². The average molecular weight is 348 g/mol. The highest BCUT2D eigenvalue weighted by molar-refractivity contribution is 7.99. The number of carbonyl (C=O) groups is 1. The zero-order chi connectivity index (χ0) is 15.2. The molecule has 1 saturated heterocycles. The van der Waals surface area contributed by atoms with Crippen molar-refractivity contribution in [2.75, 3.05) is 42.2 Å². The molecule has 116 valence electrons. The van der Waals surface area contributed by atoms with Crippen molar-refractivity contribution in [1.29, 1.82) is 0 Å². The number of nitrogens with zero attached hydrogens (tertiary/aromatic N) is 1. The summed E-state index contributed by atoms with van der Waals surface area (Å²) in [5, 5.41) is 3.59. The first-order valence-electron chi connectivity index (χ1n) is 6.91. The fourth-order valence-electron chi connectivity index (χ4n) is 2.21. The quantitative estimate of drug-likeness (QED) is 0.820. The number of nitrogen functional groups attached to an aromatic ring is 1. The monoisotopic (exact) mass is 347 g/mol. The first-order chi connectivity index (χ1) is 10.1. The third-order valence-electron chi connectivity index (χ3n) is 3.32. The van der Waals surface area contributed by atoms with Gasteiger partial charge in [-0.1, -0.05) is 23.2 Å². The summed E-state index contributed by atoms with van der Waals surface area (Å²) < 4.78 is 0. The van der Waals surface area contributed by atoms with Crippen LogP contribution in [-0.4, -0.2) is 41.9 Å². The zero-order valence-electron chi connectivity index (χ0n) is 11.7. The van der Waals surface area contributed by atoms with Crippen molar-refractivity contribution in [2.24, 2.45) is 0 Å². The molecule has 1 heterocycles. The van der Waals surface area contributed by atoms with Gasteiger partial charge in [0.2, 0.25) is 5.91 Å². The van der Waals surface area contributed by atoms with Crippen LogP contribution in [0.1, 0.15) is 12.8 Å². The molecular weight excluding hydrogens is 329 g/mol. The third kappa shape index (κ3) is 5.25. The molecule has 0 aliphatic carbocycles. The molecule has 21 heavy (non-hydrogen) atoms. The van der Waals surface area contributed by atoms with Gasteiger partial charge in [-0.3, -0.25) is 4.79 Å². The van der Waals surface area contributed by atoms with E-state index in [0.29, 0.717) is 27.8 Å². The van der Waals surface area contributed by atoms with E-state index in [2.05, 4.69) is 10.2 Å². The van der Waals surface area contributed by atoms with Crippen LogP contribution in [0.2, 0.25) is 10.0 Å². The van der Waals surface area contributed by atoms with Crippen molar-refractivity contribution in [3.63, 3.8) is 0 Å². The minimum absolute atomic E-state index is 0.0807. The molecule has 0 spiro atoms. The molecule has 1 aliphatic rings. The fourth-order valence-corrected chi connectivity index (χ4v) is 3.69. The molecule has 1 aliphatic heterocycles. The van der Waals surface area contributed by atoms with Gasteiger partial charge in [-0.2, -0.15) is 11.8 Å². The maximum atomic E-state index is 12.0. The Hall–Kier alpha value is -0.620. The number of anilines is 2. The number of nitrogens with one attached hydrogen (secondary N) is 1.